The fourth-order valence-corrected chi connectivity index (χ4v) is 4.65. The van der Waals surface area contributed by atoms with E-state index in [1.54, 1.807) is 12.1 Å². The highest BCUT2D eigenvalue weighted by Gasteiger charge is 2.35. The maximum Gasteiger partial charge on any atom is 0.411 e. The van der Waals surface area contributed by atoms with Gasteiger partial charge in [-0.1, -0.05) is 49.1 Å². The Labute approximate surface area is 206 Å². The SMILES string of the molecule is C=CCOC(=O)Nc1ccc(C2OC(CN3CCCC3CO)CC(c3ccc(CO)cc3)O2)cc1. The number of amides is 1. The van der Waals surface area contributed by atoms with Gasteiger partial charge in [0.2, 0.25) is 0 Å². The zero-order valence-electron chi connectivity index (χ0n) is 19.8. The molecule has 4 rings (SSSR count). The van der Waals surface area contributed by atoms with Gasteiger partial charge in [-0.25, -0.2) is 4.79 Å². The maximum absolute atomic E-state index is 11.8. The minimum Gasteiger partial charge on any atom is -0.445 e. The second-order valence-electron chi connectivity index (χ2n) is 8.96. The van der Waals surface area contributed by atoms with Gasteiger partial charge in [0.1, 0.15) is 6.61 Å². The number of likely N-dealkylation sites (tertiary alicyclic amines) is 1. The van der Waals surface area contributed by atoms with Gasteiger partial charge < -0.3 is 24.4 Å². The zero-order valence-corrected chi connectivity index (χ0v) is 19.8. The number of aliphatic hydroxyl groups excluding tert-OH is 2. The van der Waals surface area contributed by atoms with E-state index < -0.39 is 12.4 Å². The summed E-state index contributed by atoms with van der Waals surface area (Å²) in [6.45, 7) is 5.50. The normalized spacial score (nSPS) is 24.7. The molecule has 8 nitrogen and oxygen atoms in total. The van der Waals surface area contributed by atoms with Crippen LogP contribution in [-0.2, 0) is 20.8 Å². The second-order valence-corrected chi connectivity index (χ2v) is 8.96. The van der Waals surface area contributed by atoms with Crippen molar-refractivity contribution in [2.75, 3.05) is 31.6 Å². The van der Waals surface area contributed by atoms with Crippen LogP contribution in [0.15, 0.2) is 61.2 Å². The van der Waals surface area contributed by atoms with E-state index in [-0.39, 0.29) is 38.1 Å². The molecule has 2 fully saturated rings. The number of hydrogen-bond donors (Lipinski definition) is 3. The smallest absolute Gasteiger partial charge is 0.411 e. The molecule has 35 heavy (non-hydrogen) atoms. The van der Waals surface area contributed by atoms with Crippen LogP contribution in [0.5, 0.6) is 0 Å². The summed E-state index contributed by atoms with van der Waals surface area (Å²) < 4.78 is 17.7. The van der Waals surface area contributed by atoms with Gasteiger partial charge in [0.05, 0.1) is 25.4 Å². The monoisotopic (exact) mass is 482 g/mol. The molecule has 2 aromatic carbocycles. The molecule has 2 heterocycles. The van der Waals surface area contributed by atoms with Crippen LogP contribution in [0.3, 0.4) is 0 Å². The molecule has 188 valence electrons. The van der Waals surface area contributed by atoms with E-state index in [4.69, 9.17) is 14.2 Å². The van der Waals surface area contributed by atoms with Gasteiger partial charge in [-0.15, -0.1) is 0 Å². The molecule has 8 heteroatoms. The van der Waals surface area contributed by atoms with Gasteiger partial charge in [0, 0.05) is 30.3 Å². The molecular weight excluding hydrogens is 448 g/mol. The van der Waals surface area contributed by atoms with Gasteiger partial charge >= 0.3 is 6.09 Å². The van der Waals surface area contributed by atoms with Crippen molar-refractivity contribution in [3.05, 3.63) is 77.9 Å². The van der Waals surface area contributed by atoms with Crippen LogP contribution in [0.1, 0.15) is 48.3 Å². The summed E-state index contributed by atoms with van der Waals surface area (Å²) in [6, 6.07) is 15.3. The number of nitrogens with zero attached hydrogens (tertiary/aromatic N) is 1. The zero-order chi connectivity index (χ0) is 24.6. The van der Waals surface area contributed by atoms with Crippen molar-refractivity contribution >= 4 is 11.8 Å². The Morgan fingerprint density at radius 3 is 2.54 bits per heavy atom. The van der Waals surface area contributed by atoms with Crippen molar-refractivity contribution in [3.63, 3.8) is 0 Å². The van der Waals surface area contributed by atoms with E-state index in [0.717, 1.165) is 42.6 Å². The van der Waals surface area contributed by atoms with E-state index in [0.29, 0.717) is 12.1 Å². The molecular formula is C27H34N2O6. The molecule has 2 saturated heterocycles. The van der Waals surface area contributed by atoms with Gasteiger partial charge in [-0.2, -0.15) is 0 Å². The third-order valence-corrected chi connectivity index (χ3v) is 6.52. The van der Waals surface area contributed by atoms with E-state index in [2.05, 4.69) is 16.8 Å². The van der Waals surface area contributed by atoms with Gasteiger partial charge in [-0.05, 0) is 42.6 Å². The lowest BCUT2D eigenvalue weighted by molar-refractivity contribution is -0.253. The molecule has 0 spiro atoms. The van der Waals surface area contributed by atoms with Crippen LogP contribution in [0.2, 0.25) is 0 Å². The second kappa shape index (κ2) is 12.3. The molecule has 0 aromatic heterocycles. The number of hydrogen-bond acceptors (Lipinski definition) is 7. The first-order chi connectivity index (χ1) is 17.1. The summed E-state index contributed by atoms with van der Waals surface area (Å²) in [5, 5.41) is 21.8. The van der Waals surface area contributed by atoms with E-state index in [1.807, 2.05) is 36.4 Å². The Kier molecular flexibility index (Phi) is 8.90. The molecule has 2 aliphatic rings. The fraction of sp³-hybridized carbons (Fsp3) is 0.444. The van der Waals surface area contributed by atoms with Crippen LogP contribution < -0.4 is 5.32 Å². The fourth-order valence-electron chi connectivity index (χ4n) is 4.65. The quantitative estimate of drug-likeness (QED) is 0.466. The van der Waals surface area contributed by atoms with Crippen molar-refractivity contribution in [1.82, 2.24) is 4.90 Å². The molecule has 0 saturated carbocycles. The summed E-state index contributed by atoms with van der Waals surface area (Å²) in [4.78, 5) is 14.1. The van der Waals surface area contributed by atoms with Crippen LogP contribution in [0, 0.1) is 0 Å². The van der Waals surface area contributed by atoms with Crippen molar-refractivity contribution in [2.45, 2.75) is 50.4 Å². The third-order valence-electron chi connectivity index (χ3n) is 6.52. The van der Waals surface area contributed by atoms with Gasteiger partial charge in [-0.3, -0.25) is 10.2 Å². The predicted octanol–water partition coefficient (Wildman–Crippen LogP) is 3.92. The number of rotatable bonds is 9. The molecule has 4 atom stereocenters. The first-order valence-corrected chi connectivity index (χ1v) is 12.1. The van der Waals surface area contributed by atoms with Crippen molar-refractivity contribution in [2.24, 2.45) is 0 Å². The van der Waals surface area contributed by atoms with Crippen molar-refractivity contribution in [1.29, 1.82) is 0 Å². The largest absolute Gasteiger partial charge is 0.445 e. The average Bonchev–Trinajstić information content (AvgIpc) is 3.34. The van der Waals surface area contributed by atoms with Crippen LogP contribution in [-0.4, -0.2) is 59.7 Å². The van der Waals surface area contributed by atoms with E-state index >= 15 is 0 Å². The molecule has 0 aliphatic carbocycles. The molecule has 1 amide bonds. The Bertz CT molecular complexity index is 965. The highest BCUT2D eigenvalue weighted by atomic mass is 16.7. The molecule has 2 aromatic rings. The van der Waals surface area contributed by atoms with Crippen LogP contribution >= 0.6 is 0 Å². The minimum atomic E-state index is -0.576. The maximum atomic E-state index is 11.8. The first kappa shape index (κ1) is 25.3. The number of carbonyl (C=O) groups is 1. The molecule has 2 aliphatic heterocycles. The Morgan fingerprint density at radius 1 is 1.11 bits per heavy atom. The average molecular weight is 483 g/mol. The summed E-state index contributed by atoms with van der Waals surface area (Å²) in [5.41, 5.74) is 3.33. The highest BCUT2D eigenvalue weighted by molar-refractivity contribution is 5.84. The standard InChI is InChI=1S/C27H34N2O6/c1-2-14-33-27(32)28-22-11-9-21(10-12-22)26-34-24(16-29-13-3-4-23(29)18-31)15-25(35-26)20-7-5-19(17-30)6-8-20/h2,5-12,23-26,30-31H,1,3-4,13-18H2,(H,28,32). The van der Waals surface area contributed by atoms with Crippen LogP contribution in [0.25, 0.3) is 0 Å². The summed E-state index contributed by atoms with van der Waals surface area (Å²) in [6.07, 6.45) is 2.91. The lowest BCUT2D eigenvalue weighted by Gasteiger charge is -2.38. The Balaban J connectivity index is 1.49. The first-order valence-electron chi connectivity index (χ1n) is 12.1. The van der Waals surface area contributed by atoms with Gasteiger partial charge in [0.25, 0.3) is 0 Å². The van der Waals surface area contributed by atoms with Crippen molar-refractivity contribution in [3.8, 4) is 0 Å². The topological polar surface area (TPSA) is 100 Å². The number of anilines is 1. The van der Waals surface area contributed by atoms with E-state index in [1.165, 1.54) is 6.08 Å². The van der Waals surface area contributed by atoms with Crippen LogP contribution in [0.4, 0.5) is 10.5 Å². The number of carbonyl (C=O) groups excluding carboxylic acids is 1. The number of nitrogens with one attached hydrogen (secondary N) is 1. The number of aliphatic hydroxyl groups is 2. The molecule has 3 N–H and O–H groups in total. The van der Waals surface area contributed by atoms with Gasteiger partial charge in [0.15, 0.2) is 6.29 Å². The lowest BCUT2D eigenvalue weighted by Crippen LogP contribution is -2.42. The molecule has 0 radical (unpaired) electrons. The summed E-state index contributed by atoms with van der Waals surface area (Å²) in [7, 11) is 0. The number of ether oxygens (including phenoxy) is 3. The predicted molar refractivity (Wildman–Crippen MR) is 132 cm³/mol. The summed E-state index contributed by atoms with van der Waals surface area (Å²) in [5.74, 6) is 0. The minimum absolute atomic E-state index is 0.000804. The molecule has 0 bridgehead atoms. The Hall–Kier alpha value is -2.75. The third kappa shape index (κ3) is 6.68. The van der Waals surface area contributed by atoms with E-state index in [9.17, 15) is 15.0 Å². The number of benzene rings is 2. The highest BCUT2D eigenvalue weighted by Crippen LogP contribution is 2.39. The van der Waals surface area contributed by atoms with Crippen molar-refractivity contribution < 1.29 is 29.2 Å². The molecule has 4 unspecified atom stereocenters. The lowest BCUT2D eigenvalue weighted by atomic mass is 9.99. The Morgan fingerprint density at radius 2 is 1.86 bits per heavy atom. The summed E-state index contributed by atoms with van der Waals surface area (Å²) >= 11 is 0.